The van der Waals surface area contributed by atoms with Gasteiger partial charge >= 0.3 is 0 Å². The molecule has 0 unspecified atom stereocenters. The molecule has 0 spiro atoms. The van der Waals surface area contributed by atoms with Crippen LogP contribution in [0.2, 0.25) is 5.28 Å². The fourth-order valence-electron chi connectivity index (χ4n) is 3.90. The summed E-state index contributed by atoms with van der Waals surface area (Å²) in [4.78, 5) is 9.01. The van der Waals surface area contributed by atoms with Crippen LogP contribution in [0.25, 0.3) is 50.1 Å². The van der Waals surface area contributed by atoms with Gasteiger partial charge in [-0.1, -0.05) is 42.5 Å². The first-order valence-electron chi connectivity index (χ1n) is 9.30. The Labute approximate surface area is 171 Å². The first-order chi connectivity index (χ1) is 14.3. The van der Waals surface area contributed by atoms with E-state index in [0.717, 1.165) is 50.1 Å². The van der Waals surface area contributed by atoms with E-state index in [1.807, 2.05) is 60.8 Å². The van der Waals surface area contributed by atoms with Crippen molar-refractivity contribution in [2.24, 2.45) is 0 Å². The van der Waals surface area contributed by atoms with Crippen LogP contribution in [-0.2, 0) is 0 Å². The van der Waals surface area contributed by atoms with E-state index < -0.39 is 0 Å². The second-order valence-corrected chi connectivity index (χ2v) is 7.25. The van der Waals surface area contributed by atoms with Crippen LogP contribution in [0.3, 0.4) is 0 Å². The highest BCUT2D eigenvalue weighted by molar-refractivity contribution is 6.29. The highest BCUT2D eigenvalue weighted by atomic mass is 35.5. The van der Waals surface area contributed by atoms with Crippen LogP contribution in [-0.4, -0.2) is 14.4 Å². The quantitative estimate of drug-likeness (QED) is 0.309. The van der Waals surface area contributed by atoms with Gasteiger partial charge in [0.25, 0.3) is 0 Å². The molecule has 0 aliphatic carbocycles. The van der Waals surface area contributed by atoms with E-state index in [4.69, 9.17) is 16.0 Å². The average molecular weight is 396 g/mol. The topological polar surface area (TPSA) is 43.3 Å². The maximum absolute atomic E-state index is 6.30. The van der Waals surface area contributed by atoms with Gasteiger partial charge in [0.1, 0.15) is 17.0 Å². The Morgan fingerprint density at radius 1 is 0.828 bits per heavy atom. The third-order valence-corrected chi connectivity index (χ3v) is 5.34. The molecule has 0 fully saturated rings. The molecule has 0 aliphatic rings. The van der Waals surface area contributed by atoms with E-state index in [1.54, 1.807) is 0 Å². The fraction of sp³-hybridized carbons (Fsp3) is 0. The third-order valence-electron chi connectivity index (χ3n) is 5.17. The van der Waals surface area contributed by atoms with E-state index in [-0.39, 0.29) is 5.28 Å². The van der Waals surface area contributed by atoms with Crippen molar-refractivity contribution >= 4 is 39.0 Å². The van der Waals surface area contributed by atoms with E-state index in [0.29, 0.717) is 0 Å². The second kappa shape index (κ2) is 6.19. The summed E-state index contributed by atoms with van der Waals surface area (Å²) in [5, 5.41) is 2.23. The Morgan fingerprint density at radius 2 is 1.66 bits per heavy atom. The lowest BCUT2D eigenvalue weighted by molar-refractivity contribution is 0.632. The molecule has 4 aromatic heterocycles. The summed E-state index contributed by atoms with van der Waals surface area (Å²) in [5.74, 6) is 0.795. The predicted octanol–water partition coefficient (Wildman–Crippen LogP) is 6.62. The number of rotatable bonds is 2. The van der Waals surface area contributed by atoms with Crippen molar-refractivity contribution in [2.45, 2.75) is 0 Å². The van der Waals surface area contributed by atoms with Gasteiger partial charge in [0.15, 0.2) is 0 Å². The number of hydrogen-bond acceptors (Lipinski definition) is 3. The van der Waals surface area contributed by atoms with Gasteiger partial charge in [0, 0.05) is 28.0 Å². The molecule has 0 saturated heterocycles. The molecule has 0 radical (unpaired) electrons. The number of halogens is 1. The molecular formula is C24H14ClN3O. The summed E-state index contributed by atoms with van der Waals surface area (Å²) in [6, 6.07) is 26.2. The number of furan rings is 1. The molecular weight excluding hydrogens is 382 g/mol. The molecule has 6 aromatic rings. The Kier molecular flexibility index (Phi) is 3.49. The van der Waals surface area contributed by atoms with Crippen molar-refractivity contribution in [2.75, 3.05) is 0 Å². The number of pyridine rings is 1. The number of hydrogen-bond donors (Lipinski definition) is 0. The molecule has 6 rings (SSSR count). The summed E-state index contributed by atoms with van der Waals surface area (Å²) in [6.07, 6.45) is 2.03. The number of nitrogens with zero attached hydrogens (tertiary/aromatic N) is 3. The van der Waals surface area contributed by atoms with Crippen molar-refractivity contribution in [3.8, 4) is 22.7 Å². The molecule has 29 heavy (non-hydrogen) atoms. The van der Waals surface area contributed by atoms with Gasteiger partial charge in [-0.25, -0.2) is 9.97 Å². The summed E-state index contributed by atoms with van der Waals surface area (Å²) in [6.45, 7) is 0. The highest BCUT2D eigenvalue weighted by Gasteiger charge is 2.21. The minimum absolute atomic E-state index is 0.222. The van der Waals surface area contributed by atoms with E-state index in [1.165, 1.54) is 0 Å². The lowest BCUT2D eigenvalue weighted by atomic mass is 10.1. The summed E-state index contributed by atoms with van der Waals surface area (Å²) < 4.78 is 8.32. The van der Waals surface area contributed by atoms with Crippen molar-refractivity contribution < 1.29 is 4.42 Å². The lowest BCUT2D eigenvalue weighted by Crippen LogP contribution is -1.95. The normalized spacial score (nSPS) is 11.6. The Balaban J connectivity index is 1.74. The number of para-hydroxylation sites is 2. The van der Waals surface area contributed by atoms with Crippen molar-refractivity contribution in [3.05, 3.63) is 90.3 Å². The van der Waals surface area contributed by atoms with Crippen LogP contribution < -0.4 is 0 Å². The third kappa shape index (κ3) is 2.53. The van der Waals surface area contributed by atoms with Crippen LogP contribution in [0.4, 0.5) is 0 Å². The van der Waals surface area contributed by atoms with Gasteiger partial charge < -0.3 is 8.82 Å². The minimum Gasteiger partial charge on any atom is -0.456 e. The highest BCUT2D eigenvalue weighted by Crippen LogP contribution is 2.39. The summed E-state index contributed by atoms with van der Waals surface area (Å²) >= 11 is 6.30. The zero-order valence-corrected chi connectivity index (χ0v) is 16.0. The van der Waals surface area contributed by atoms with Crippen LogP contribution in [0.15, 0.2) is 89.5 Å². The molecule has 5 heteroatoms. The van der Waals surface area contributed by atoms with Crippen LogP contribution in [0.5, 0.6) is 0 Å². The number of aromatic nitrogens is 3. The van der Waals surface area contributed by atoms with Crippen LogP contribution in [0, 0.1) is 0 Å². The van der Waals surface area contributed by atoms with Gasteiger partial charge in [-0.2, -0.15) is 0 Å². The molecule has 4 nitrogen and oxygen atoms in total. The molecule has 0 atom stereocenters. The molecule has 0 bridgehead atoms. The zero-order valence-electron chi connectivity index (χ0n) is 15.2. The molecule has 4 heterocycles. The van der Waals surface area contributed by atoms with Crippen LogP contribution in [0.1, 0.15) is 0 Å². The molecule has 2 aromatic carbocycles. The Hall–Kier alpha value is -3.63. The first-order valence-corrected chi connectivity index (χ1v) is 9.67. The van der Waals surface area contributed by atoms with Gasteiger partial charge in [0.2, 0.25) is 5.28 Å². The summed E-state index contributed by atoms with van der Waals surface area (Å²) in [5.41, 5.74) is 5.39. The summed E-state index contributed by atoms with van der Waals surface area (Å²) in [7, 11) is 0. The SMILES string of the molecule is Clc1nc(-c2c(-c3cc4ccccc4o3)cc3ccccn23)c2ccccc2n1. The number of fused-ring (bicyclic) bond motifs is 3. The standard InChI is InChI=1S/C24H14ClN3O/c25-24-26-19-10-3-2-9-17(19)22(27-24)23-18(14-16-8-5-6-12-28(16)23)21-13-15-7-1-4-11-20(15)29-21/h1-14H. The predicted molar refractivity (Wildman–Crippen MR) is 116 cm³/mol. The lowest BCUT2D eigenvalue weighted by Gasteiger charge is -2.09. The maximum Gasteiger partial charge on any atom is 0.223 e. The second-order valence-electron chi connectivity index (χ2n) is 6.91. The molecule has 0 amide bonds. The van der Waals surface area contributed by atoms with Gasteiger partial charge in [-0.05, 0) is 48.0 Å². The molecule has 138 valence electrons. The van der Waals surface area contributed by atoms with Crippen LogP contribution >= 0.6 is 11.6 Å². The monoisotopic (exact) mass is 395 g/mol. The van der Waals surface area contributed by atoms with Gasteiger partial charge in [-0.15, -0.1) is 0 Å². The fourth-order valence-corrected chi connectivity index (χ4v) is 4.07. The van der Waals surface area contributed by atoms with E-state index in [9.17, 15) is 0 Å². The number of benzene rings is 2. The smallest absolute Gasteiger partial charge is 0.223 e. The average Bonchev–Trinajstić information content (AvgIpc) is 3.34. The first kappa shape index (κ1) is 16.3. The Morgan fingerprint density at radius 3 is 2.59 bits per heavy atom. The zero-order chi connectivity index (χ0) is 19.4. The largest absolute Gasteiger partial charge is 0.456 e. The minimum atomic E-state index is 0.222. The van der Waals surface area contributed by atoms with Crippen molar-refractivity contribution in [1.82, 2.24) is 14.4 Å². The maximum atomic E-state index is 6.30. The molecule has 0 aliphatic heterocycles. The van der Waals surface area contributed by atoms with E-state index in [2.05, 4.69) is 38.6 Å². The van der Waals surface area contributed by atoms with E-state index >= 15 is 0 Å². The van der Waals surface area contributed by atoms with Crippen molar-refractivity contribution in [3.63, 3.8) is 0 Å². The molecule has 0 N–H and O–H groups in total. The van der Waals surface area contributed by atoms with Gasteiger partial charge in [-0.3, -0.25) is 0 Å². The molecule has 0 saturated carbocycles. The Bertz CT molecular complexity index is 1500. The van der Waals surface area contributed by atoms with Crippen molar-refractivity contribution in [1.29, 1.82) is 0 Å². The van der Waals surface area contributed by atoms with Gasteiger partial charge in [0.05, 0.1) is 11.2 Å².